The van der Waals surface area contributed by atoms with Gasteiger partial charge in [0.2, 0.25) is 11.7 Å². The highest BCUT2D eigenvalue weighted by atomic mass is 16.5. The minimum atomic E-state index is -0.0619. The molecule has 0 spiro atoms. The zero-order valence-corrected chi connectivity index (χ0v) is 10.1. The van der Waals surface area contributed by atoms with E-state index in [1.807, 2.05) is 6.92 Å². The Labute approximate surface area is 100 Å². The van der Waals surface area contributed by atoms with Gasteiger partial charge in [0.25, 0.3) is 0 Å². The van der Waals surface area contributed by atoms with E-state index in [4.69, 9.17) is 19.7 Å². The van der Waals surface area contributed by atoms with Crippen LogP contribution in [-0.2, 0) is 15.9 Å². The van der Waals surface area contributed by atoms with Crippen molar-refractivity contribution in [2.24, 2.45) is 5.73 Å². The second kappa shape index (κ2) is 6.09. The van der Waals surface area contributed by atoms with Crippen LogP contribution in [-0.4, -0.2) is 36.0 Å². The fourth-order valence-electron chi connectivity index (χ4n) is 1.87. The van der Waals surface area contributed by atoms with Crippen molar-refractivity contribution >= 4 is 0 Å². The largest absolute Gasteiger partial charge is 0.381 e. The van der Waals surface area contributed by atoms with E-state index in [-0.39, 0.29) is 12.2 Å². The molecule has 0 aromatic carbocycles. The average Bonchev–Trinajstić information content (AvgIpc) is 2.97. The van der Waals surface area contributed by atoms with Crippen LogP contribution in [0.2, 0.25) is 0 Å². The molecule has 6 heteroatoms. The number of hydrogen-bond acceptors (Lipinski definition) is 6. The zero-order chi connectivity index (χ0) is 12.1. The van der Waals surface area contributed by atoms with E-state index in [0.717, 1.165) is 12.8 Å². The van der Waals surface area contributed by atoms with Crippen LogP contribution in [0.4, 0.5) is 0 Å². The summed E-state index contributed by atoms with van der Waals surface area (Å²) in [7, 11) is 0. The maximum absolute atomic E-state index is 5.69. The Hall–Kier alpha value is -0.980. The van der Waals surface area contributed by atoms with Gasteiger partial charge in [-0.1, -0.05) is 5.16 Å². The minimum absolute atomic E-state index is 0.0619. The molecule has 2 unspecified atom stereocenters. The molecule has 0 aliphatic carbocycles. The molecule has 0 bridgehead atoms. The van der Waals surface area contributed by atoms with Crippen molar-refractivity contribution in [2.75, 3.05) is 19.8 Å². The second-order valence-electron chi connectivity index (χ2n) is 4.05. The van der Waals surface area contributed by atoms with Gasteiger partial charge in [-0.25, -0.2) is 0 Å². The molecular formula is C11H19N3O3. The van der Waals surface area contributed by atoms with Gasteiger partial charge in [-0.15, -0.1) is 0 Å². The molecule has 1 aromatic heterocycles. The van der Waals surface area contributed by atoms with Gasteiger partial charge in [0, 0.05) is 13.2 Å². The predicted octanol–water partition coefficient (Wildman–Crippen LogP) is 0.827. The Bertz CT molecular complexity index is 342. The summed E-state index contributed by atoms with van der Waals surface area (Å²) in [6.45, 7) is 3.81. The van der Waals surface area contributed by atoms with Crippen LogP contribution in [0.5, 0.6) is 0 Å². The van der Waals surface area contributed by atoms with E-state index in [1.54, 1.807) is 0 Å². The molecule has 1 fully saturated rings. The third-order valence-corrected chi connectivity index (χ3v) is 2.81. The van der Waals surface area contributed by atoms with E-state index in [1.165, 1.54) is 0 Å². The molecule has 96 valence electrons. The SMILES string of the molecule is CCOCCc1nc(C2CCC(CN)O2)no1. The third-order valence-electron chi connectivity index (χ3n) is 2.81. The average molecular weight is 241 g/mol. The summed E-state index contributed by atoms with van der Waals surface area (Å²) in [5.74, 6) is 1.24. The lowest BCUT2D eigenvalue weighted by Gasteiger charge is -2.07. The van der Waals surface area contributed by atoms with Gasteiger partial charge in [0.1, 0.15) is 6.10 Å². The first-order valence-electron chi connectivity index (χ1n) is 6.09. The maximum Gasteiger partial charge on any atom is 0.229 e. The third kappa shape index (κ3) is 3.24. The van der Waals surface area contributed by atoms with Gasteiger partial charge in [-0.2, -0.15) is 4.98 Å². The summed E-state index contributed by atoms with van der Waals surface area (Å²) >= 11 is 0. The second-order valence-corrected chi connectivity index (χ2v) is 4.05. The van der Waals surface area contributed by atoms with E-state index < -0.39 is 0 Å². The Balaban J connectivity index is 1.85. The first-order valence-corrected chi connectivity index (χ1v) is 6.09. The van der Waals surface area contributed by atoms with Crippen molar-refractivity contribution in [1.29, 1.82) is 0 Å². The highest BCUT2D eigenvalue weighted by molar-refractivity contribution is 4.94. The molecule has 0 amide bonds. The molecule has 1 aliphatic heterocycles. The van der Waals surface area contributed by atoms with Crippen LogP contribution < -0.4 is 5.73 Å². The molecule has 1 aliphatic rings. The van der Waals surface area contributed by atoms with Gasteiger partial charge >= 0.3 is 0 Å². The van der Waals surface area contributed by atoms with Crippen LogP contribution in [0.3, 0.4) is 0 Å². The van der Waals surface area contributed by atoms with Gasteiger partial charge in [-0.05, 0) is 19.8 Å². The Morgan fingerprint density at radius 1 is 1.47 bits per heavy atom. The van der Waals surface area contributed by atoms with Crippen molar-refractivity contribution in [3.05, 3.63) is 11.7 Å². The smallest absolute Gasteiger partial charge is 0.229 e. The number of nitrogens with zero attached hydrogens (tertiary/aromatic N) is 2. The molecule has 2 N–H and O–H groups in total. The molecule has 0 saturated carbocycles. The number of aromatic nitrogens is 2. The lowest BCUT2D eigenvalue weighted by molar-refractivity contribution is 0.0435. The van der Waals surface area contributed by atoms with Crippen molar-refractivity contribution < 1.29 is 14.0 Å². The first-order chi connectivity index (χ1) is 8.33. The lowest BCUT2D eigenvalue weighted by Crippen LogP contribution is -2.19. The quantitative estimate of drug-likeness (QED) is 0.743. The number of rotatable bonds is 6. The number of ether oxygens (including phenoxy) is 2. The van der Waals surface area contributed by atoms with E-state index >= 15 is 0 Å². The highest BCUT2D eigenvalue weighted by Crippen LogP contribution is 2.30. The van der Waals surface area contributed by atoms with E-state index in [2.05, 4.69) is 10.1 Å². The summed E-state index contributed by atoms with van der Waals surface area (Å²) in [4.78, 5) is 4.31. The van der Waals surface area contributed by atoms with Crippen LogP contribution in [0.15, 0.2) is 4.52 Å². The van der Waals surface area contributed by atoms with E-state index in [0.29, 0.717) is 37.9 Å². The van der Waals surface area contributed by atoms with Crippen LogP contribution in [0.25, 0.3) is 0 Å². The van der Waals surface area contributed by atoms with Crippen molar-refractivity contribution in [3.8, 4) is 0 Å². The van der Waals surface area contributed by atoms with Crippen molar-refractivity contribution in [1.82, 2.24) is 10.1 Å². The highest BCUT2D eigenvalue weighted by Gasteiger charge is 2.29. The van der Waals surface area contributed by atoms with Crippen molar-refractivity contribution in [3.63, 3.8) is 0 Å². The molecule has 2 atom stereocenters. The Morgan fingerprint density at radius 3 is 3.06 bits per heavy atom. The molecule has 1 aromatic rings. The summed E-state index contributed by atoms with van der Waals surface area (Å²) in [6.07, 6.45) is 2.59. The Kier molecular flexibility index (Phi) is 4.47. The number of nitrogens with two attached hydrogens (primary N) is 1. The molecule has 1 saturated heterocycles. The first kappa shape index (κ1) is 12.5. The van der Waals surface area contributed by atoms with Crippen LogP contribution >= 0.6 is 0 Å². The topological polar surface area (TPSA) is 83.4 Å². The molecule has 2 heterocycles. The van der Waals surface area contributed by atoms with Crippen LogP contribution in [0.1, 0.15) is 37.6 Å². The molecule has 0 radical (unpaired) electrons. The predicted molar refractivity (Wildman–Crippen MR) is 60.4 cm³/mol. The summed E-state index contributed by atoms with van der Waals surface area (Å²) in [6, 6.07) is 0. The van der Waals surface area contributed by atoms with Gasteiger partial charge in [-0.3, -0.25) is 0 Å². The molecular weight excluding hydrogens is 222 g/mol. The fourth-order valence-corrected chi connectivity index (χ4v) is 1.87. The zero-order valence-electron chi connectivity index (χ0n) is 10.1. The van der Waals surface area contributed by atoms with E-state index in [9.17, 15) is 0 Å². The standard InChI is InChI=1S/C11H19N3O3/c1-2-15-6-5-10-13-11(14-17-10)9-4-3-8(7-12)16-9/h8-9H,2-7,12H2,1H3. The fraction of sp³-hybridized carbons (Fsp3) is 0.818. The number of hydrogen-bond donors (Lipinski definition) is 1. The summed E-state index contributed by atoms with van der Waals surface area (Å²) < 4.78 is 16.1. The normalized spacial score (nSPS) is 24.4. The Morgan fingerprint density at radius 2 is 2.35 bits per heavy atom. The van der Waals surface area contributed by atoms with Gasteiger partial charge in [0.05, 0.1) is 19.1 Å². The van der Waals surface area contributed by atoms with Crippen LogP contribution in [0, 0.1) is 0 Å². The summed E-state index contributed by atoms with van der Waals surface area (Å²) in [5.41, 5.74) is 5.55. The minimum Gasteiger partial charge on any atom is -0.381 e. The monoisotopic (exact) mass is 241 g/mol. The van der Waals surface area contributed by atoms with Gasteiger partial charge < -0.3 is 19.7 Å². The molecule has 6 nitrogen and oxygen atoms in total. The lowest BCUT2D eigenvalue weighted by atomic mass is 10.2. The van der Waals surface area contributed by atoms with Crippen molar-refractivity contribution in [2.45, 2.75) is 38.4 Å². The molecule has 17 heavy (non-hydrogen) atoms. The maximum atomic E-state index is 5.69. The van der Waals surface area contributed by atoms with Gasteiger partial charge in [0.15, 0.2) is 0 Å². The molecule has 2 rings (SSSR count). The summed E-state index contributed by atoms with van der Waals surface area (Å²) in [5, 5.41) is 3.94.